The molecular formula is C18H15N3O3. The van der Waals surface area contributed by atoms with E-state index in [4.69, 9.17) is 4.74 Å². The van der Waals surface area contributed by atoms with Gasteiger partial charge in [-0.3, -0.25) is 0 Å². The van der Waals surface area contributed by atoms with Crippen LogP contribution in [0.15, 0.2) is 72.9 Å². The summed E-state index contributed by atoms with van der Waals surface area (Å²) in [4.78, 5) is 16.0. The average Bonchev–Trinajstić information content (AvgIpc) is 2.60. The molecule has 3 N–H and O–H groups in total. The van der Waals surface area contributed by atoms with E-state index in [2.05, 4.69) is 15.6 Å². The van der Waals surface area contributed by atoms with Crippen molar-refractivity contribution in [2.75, 3.05) is 10.6 Å². The Morgan fingerprint density at radius 1 is 0.875 bits per heavy atom. The zero-order valence-electron chi connectivity index (χ0n) is 12.6. The van der Waals surface area contributed by atoms with E-state index >= 15 is 0 Å². The topological polar surface area (TPSA) is 83.5 Å². The number of aromatic hydroxyl groups is 1. The van der Waals surface area contributed by atoms with E-state index in [0.29, 0.717) is 23.0 Å². The van der Waals surface area contributed by atoms with Crippen molar-refractivity contribution in [1.82, 2.24) is 4.98 Å². The van der Waals surface area contributed by atoms with Crippen molar-refractivity contribution in [3.63, 3.8) is 0 Å². The number of aromatic nitrogens is 1. The van der Waals surface area contributed by atoms with Gasteiger partial charge in [0, 0.05) is 23.6 Å². The van der Waals surface area contributed by atoms with Crippen LogP contribution in [0.5, 0.6) is 17.4 Å². The molecule has 6 heteroatoms. The Labute approximate surface area is 138 Å². The number of ether oxygens (including phenoxy) is 1. The third-order valence-electron chi connectivity index (χ3n) is 3.10. The molecule has 0 aliphatic heterocycles. The number of hydrogen-bond donors (Lipinski definition) is 3. The number of phenolic OH excluding ortho intramolecular Hbond substituents is 1. The van der Waals surface area contributed by atoms with Gasteiger partial charge in [-0.05, 0) is 54.6 Å². The van der Waals surface area contributed by atoms with Gasteiger partial charge in [-0.2, -0.15) is 0 Å². The number of nitrogens with zero attached hydrogens (tertiary/aromatic N) is 1. The molecule has 0 atom stereocenters. The van der Waals surface area contributed by atoms with Crippen LogP contribution in [-0.2, 0) is 0 Å². The van der Waals surface area contributed by atoms with E-state index in [-0.39, 0.29) is 11.8 Å². The summed E-state index contributed by atoms with van der Waals surface area (Å²) in [5.41, 5.74) is 1.21. The smallest absolute Gasteiger partial charge is 0.323 e. The standard InChI is InChI=1S/C18H15N3O3/c22-15-8-4-13(5-9-15)20-18(23)21-14-6-10-16(11-7-14)24-17-3-1-2-12-19-17/h1-12,22H,(H2,20,21,23). The van der Waals surface area contributed by atoms with E-state index in [1.165, 1.54) is 12.1 Å². The molecule has 0 bridgehead atoms. The van der Waals surface area contributed by atoms with E-state index in [1.54, 1.807) is 48.7 Å². The first-order valence-corrected chi connectivity index (χ1v) is 7.25. The fourth-order valence-corrected chi connectivity index (χ4v) is 1.97. The summed E-state index contributed by atoms with van der Waals surface area (Å²) >= 11 is 0. The lowest BCUT2D eigenvalue weighted by atomic mass is 10.3. The van der Waals surface area contributed by atoms with Crippen molar-refractivity contribution in [3.8, 4) is 17.4 Å². The van der Waals surface area contributed by atoms with Crippen molar-refractivity contribution >= 4 is 17.4 Å². The third-order valence-corrected chi connectivity index (χ3v) is 3.10. The van der Waals surface area contributed by atoms with Crippen molar-refractivity contribution in [2.45, 2.75) is 0 Å². The van der Waals surface area contributed by atoms with Crippen LogP contribution in [0.4, 0.5) is 16.2 Å². The zero-order valence-corrected chi connectivity index (χ0v) is 12.6. The molecule has 0 aliphatic carbocycles. The van der Waals surface area contributed by atoms with Crippen LogP contribution in [0, 0.1) is 0 Å². The minimum absolute atomic E-state index is 0.143. The molecule has 1 aromatic heterocycles. The first kappa shape index (κ1) is 15.4. The van der Waals surface area contributed by atoms with Gasteiger partial charge in [0.2, 0.25) is 5.88 Å². The summed E-state index contributed by atoms with van der Waals surface area (Å²) in [5.74, 6) is 1.27. The highest BCUT2D eigenvalue weighted by molar-refractivity contribution is 5.99. The van der Waals surface area contributed by atoms with Gasteiger partial charge < -0.3 is 20.5 Å². The van der Waals surface area contributed by atoms with E-state index in [1.807, 2.05) is 12.1 Å². The number of carbonyl (C=O) groups excluding carboxylic acids is 1. The summed E-state index contributed by atoms with van der Waals surface area (Å²) in [6, 6.07) is 18.2. The van der Waals surface area contributed by atoms with Crippen LogP contribution >= 0.6 is 0 Å². The van der Waals surface area contributed by atoms with E-state index < -0.39 is 0 Å². The minimum atomic E-state index is -0.376. The number of hydrogen-bond acceptors (Lipinski definition) is 4. The number of urea groups is 1. The van der Waals surface area contributed by atoms with Crippen molar-refractivity contribution in [1.29, 1.82) is 0 Å². The van der Waals surface area contributed by atoms with Crippen molar-refractivity contribution < 1.29 is 14.6 Å². The summed E-state index contributed by atoms with van der Waals surface area (Å²) in [5, 5.41) is 14.6. The molecular weight excluding hydrogens is 306 g/mol. The Kier molecular flexibility index (Phi) is 4.57. The average molecular weight is 321 g/mol. The SMILES string of the molecule is O=C(Nc1ccc(O)cc1)Nc1ccc(Oc2ccccn2)cc1. The number of pyridine rings is 1. The van der Waals surface area contributed by atoms with Crippen molar-refractivity contribution in [2.24, 2.45) is 0 Å². The van der Waals surface area contributed by atoms with Crippen LogP contribution in [0.3, 0.4) is 0 Å². The van der Waals surface area contributed by atoms with Gasteiger partial charge >= 0.3 is 6.03 Å². The predicted molar refractivity (Wildman–Crippen MR) is 91.5 cm³/mol. The molecule has 120 valence electrons. The number of phenols is 1. The molecule has 2 aromatic carbocycles. The molecule has 6 nitrogen and oxygen atoms in total. The molecule has 0 fully saturated rings. The van der Waals surface area contributed by atoms with Gasteiger partial charge in [-0.1, -0.05) is 6.07 Å². The lowest BCUT2D eigenvalue weighted by Gasteiger charge is -2.09. The van der Waals surface area contributed by atoms with Gasteiger partial charge in [-0.15, -0.1) is 0 Å². The Morgan fingerprint density at radius 2 is 1.50 bits per heavy atom. The quantitative estimate of drug-likeness (QED) is 0.628. The molecule has 3 rings (SSSR count). The number of nitrogens with one attached hydrogen (secondary N) is 2. The second kappa shape index (κ2) is 7.15. The van der Waals surface area contributed by atoms with E-state index in [9.17, 15) is 9.90 Å². The van der Waals surface area contributed by atoms with Crippen LogP contribution in [0.25, 0.3) is 0 Å². The molecule has 0 spiro atoms. The maximum absolute atomic E-state index is 11.9. The van der Waals surface area contributed by atoms with Crippen molar-refractivity contribution in [3.05, 3.63) is 72.9 Å². The number of anilines is 2. The van der Waals surface area contributed by atoms with Crippen LogP contribution in [-0.4, -0.2) is 16.1 Å². The molecule has 1 heterocycles. The lowest BCUT2D eigenvalue weighted by molar-refractivity contribution is 0.262. The zero-order chi connectivity index (χ0) is 16.8. The first-order chi connectivity index (χ1) is 11.7. The Morgan fingerprint density at radius 3 is 2.08 bits per heavy atom. The highest BCUT2D eigenvalue weighted by Crippen LogP contribution is 2.21. The van der Waals surface area contributed by atoms with Gasteiger partial charge in [-0.25, -0.2) is 9.78 Å². The highest BCUT2D eigenvalue weighted by atomic mass is 16.5. The maximum atomic E-state index is 11.9. The van der Waals surface area contributed by atoms with Crippen LogP contribution < -0.4 is 15.4 Å². The molecule has 0 radical (unpaired) electrons. The number of benzene rings is 2. The molecule has 2 amide bonds. The molecule has 3 aromatic rings. The Hall–Kier alpha value is -3.54. The van der Waals surface area contributed by atoms with Gasteiger partial charge in [0.15, 0.2) is 0 Å². The fraction of sp³-hybridized carbons (Fsp3) is 0. The fourth-order valence-electron chi connectivity index (χ4n) is 1.97. The molecule has 0 saturated heterocycles. The molecule has 0 aliphatic rings. The maximum Gasteiger partial charge on any atom is 0.323 e. The normalized spacial score (nSPS) is 10.0. The summed E-state index contributed by atoms with van der Waals surface area (Å²) in [7, 11) is 0. The Balaban J connectivity index is 1.57. The molecule has 24 heavy (non-hydrogen) atoms. The second-order valence-electron chi connectivity index (χ2n) is 4.92. The van der Waals surface area contributed by atoms with E-state index in [0.717, 1.165) is 0 Å². The number of rotatable bonds is 4. The number of amides is 2. The lowest BCUT2D eigenvalue weighted by Crippen LogP contribution is -2.19. The minimum Gasteiger partial charge on any atom is -0.508 e. The van der Waals surface area contributed by atoms with Crippen LogP contribution in [0.2, 0.25) is 0 Å². The molecule has 0 unspecified atom stereocenters. The second-order valence-corrected chi connectivity index (χ2v) is 4.92. The van der Waals surface area contributed by atoms with Crippen LogP contribution in [0.1, 0.15) is 0 Å². The van der Waals surface area contributed by atoms with Gasteiger partial charge in [0.25, 0.3) is 0 Å². The predicted octanol–water partition coefficient (Wildman–Crippen LogP) is 4.22. The first-order valence-electron chi connectivity index (χ1n) is 7.25. The van der Waals surface area contributed by atoms with Gasteiger partial charge in [0.05, 0.1) is 0 Å². The monoisotopic (exact) mass is 321 g/mol. The highest BCUT2D eigenvalue weighted by Gasteiger charge is 2.04. The summed E-state index contributed by atoms with van der Waals surface area (Å²) < 4.78 is 5.58. The van der Waals surface area contributed by atoms with Gasteiger partial charge in [0.1, 0.15) is 11.5 Å². The Bertz CT molecular complexity index is 803. The third kappa shape index (κ3) is 4.23. The largest absolute Gasteiger partial charge is 0.508 e. The summed E-state index contributed by atoms with van der Waals surface area (Å²) in [6.45, 7) is 0. The summed E-state index contributed by atoms with van der Waals surface area (Å²) in [6.07, 6.45) is 1.65. The molecule has 0 saturated carbocycles. The number of carbonyl (C=O) groups is 1.